The summed E-state index contributed by atoms with van der Waals surface area (Å²) < 4.78 is 0. The van der Waals surface area contributed by atoms with Gasteiger partial charge in [-0.1, -0.05) is 6.92 Å². The van der Waals surface area contributed by atoms with E-state index >= 15 is 0 Å². The van der Waals surface area contributed by atoms with Gasteiger partial charge in [0.2, 0.25) is 0 Å². The van der Waals surface area contributed by atoms with Crippen LogP contribution in [0.2, 0.25) is 0 Å². The first-order chi connectivity index (χ1) is 8.29. The number of nitrogens with one attached hydrogen (secondary N) is 2. The minimum absolute atomic E-state index is 0.432. The van der Waals surface area contributed by atoms with E-state index in [9.17, 15) is 0 Å². The van der Waals surface area contributed by atoms with Crippen molar-refractivity contribution in [2.24, 2.45) is 11.7 Å². The Morgan fingerprint density at radius 1 is 1.35 bits per heavy atom. The maximum absolute atomic E-state index is 5.54. The quantitative estimate of drug-likeness (QED) is 0.728. The third kappa shape index (κ3) is 3.04. The van der Waals surface area contributed by atoms with Crippen LogP contribution in [0.4, 0.5) is 5.82 Å². The molecule has 0 bridgehead atoms. The lowest BCUT2D eigenvalue weighted by Gasteiger charge is -2.09. The molecule has 0 aliphatic carbocycles. The van der Waals surface area contributed by atoms with Crippen molar-refractivity contribution in [3.63, 3.8) is 0 Å². The average molecular weight is 231 g/mol. The summed E-state index contributed by atoms with van der Waals surface area (Å²) >= 11 is 0. The highest BCUT2D eigenvalue weighted by atomic mass is 15.2. The number of aromatic nitrogens is 3. The fourth-order valence-electron chi connectivity index (χ4n) is 1.43. The molecule has 2 rings (SSSR count). The second-order valence-electron chi connectivity index (χ2n) is 4.13. The first-order valence-corrected chi connectivity index (χ1v) is 5.70. The van der Waals surface area contributed by atoms with Crippen molar-refractivity contribution in [3.05, 3.63) is 30.6 Å². The van der Waals surface area contributed by atoms with Crippen molar-refractivity contribution >= 4 is 5.82 Å². The molecule has 0 aliphatic heterocycles. The molecule has 0 fully saturated rings. The first-order valence-electron chi connectivity index (χ1n) is 5.70. The Kier molecular flexibility index (Phi) is 3.72. The van der Waals surface area contributed by atoms with E-state index < -0.39 is 0 Å². The van der Waals surface area contributed by atoms with E-state index in [4.69, 9.17) is 5.73 Å². The fraction of sp³-hybridized carbons (Fsp3) is 0.333. The molecule has 2 aromatic rings. The van der Waals surface area contributed by atoms with Gasteiger partial charge in [0.25, 0.3) is 0 Å². The highest BCUT2D eigenvalue weighted by molar-refractivity contribution is 5.58. The molecule has 5 nitrogen and oxygen atoms in total. The van der Waals surface area contributed by atoms with E-state index in [1.54, 1.807) is 0 Å². The van der Waals surface area contributed by atoms with Gasteiger partial charge in [0, 0.05) is 24.5 Å². The number of hydrogen-bond acceptors (Lipinski definition) is 4. The van der Waals surface area contributed by atoms with Gasteiger partial charge < -0.3 is 16.0 Å². The maximum Gasteiger partial charge on any atom is 0.148 e. The third-order valence-electron chi connectivity index (χ3n) is 2.59. The Morgan fingerprint density at radius 2 is 2.24 bits per heavy atom. The van der Waals surface area contributed by atoms with Crippen molar-refractivity contribution in [3.8, 4) is 11.3 Å². The van der Waals surface area contributed by atoms with Gasteiger partial charge in [-0.2, -0.15) is 0 Å². The van der Waals surface area contributed by atoms with E-state index in [2.05, 4.69) is 27.4 Å². The summed E-state index contributed by atoms with van der Waals surface area (Å²) in [6.07, 6.45) is 3.76. The third-order valence-corrected chi connectivity index (χ3v) is 2.59. The number of hydrogen-bond donors (Lipinski definition) is 3. The number of nitrogens with zero attached hydrogens (tertiary/aromatic N) is 2. The van der Waals surface area contributed by atoms with Gasteiger partial charge in [0.1, 0.15) is 5.82 Å². The number of aromatic amines is 1. The molecule has 2 heterocycles. The van der Waals surface area contributed by atoms with Crippen LogP contribution in [0.3, 0.4) is 0 Å². The van der Waals surface area contributed by atoms with Crippen molar-refractivity contribution in [1.29, 1.82) is 0 Å². The fourth-order valence-corrected chi connectivity index (χ4v) is 1.43. The van der Waals surface area contributed by atoms with Gasteiger partial charge in [0.05, 0.1) is 5.69 Å². The van der Waals surface area contributed by atoms with Gasteiger partial charge in [-0.3, -0.25) is 0 Å². The zero-order chi connectivity index (χ0) is 12.1. The van der Waals surface area contributed by atoms with Crippen molar-refractivity contribution in [2.45, 2.75) is 6.92 Å². The number of H-pyrrole nitrogens is 1. The molecule has 0 saturated carbocycles. The topological polar surface area (TPSA) is 79.6 Å². The molecule has 0 amide bonds. The van der Waals surface area contributed by atoms with Crippen LogP contribution in [-0.2, 0) is 0 Å². The van der Waals surface area contributed by atoms with Crippen LogP contribution in [0.25, 0.3) is 11.3 Å². The van der Waals surface area contributed by atoms with Crippen LogP contribution in [0, 0.1) is 5.92 Å². The molecule has 5 heteroatoms. The van der Waals surface area contributed by atoms with E-state index in [1.807, 2.05) is 30.6 Å². The van der Waals surface area contributed by atoms with Crippen LogP contribution < -0.4 is 11.1 Å². The van der Waals surface area contributed by atoms with Crippen molar-refractivity contribution < 1.29 is 0 Å². The molecule has 90 valence electrons. The van der Waals surface area contributed by atoms with E-state index in [0.29, 0.717) is 12.5 Å². The molecule has 0 aromatic carbocycles. The SMILES string of the molecule is CC(CN)CNc1ccc(-c2cc[nH]c2)nn1. The van der Waals surface area contributed by atoms with E-state index in [0.717, 1.165) is 23.6 Å². The van der Waals surface area contributed by atoms with Crippen LogP contribution in [0.15, 0.2) is 30.6 Å². The summed E-state index contributed by atoms with van der Waals surface area (Å²) in [6, 6.07) is 5.85. The van der Waals surface area contributed by atoms with Crippen molar-refractivity contribution in [1.82, 2.24) is 15.2 Å². The summed E-state index contributed by atoms with van der Waals surface area (Å²) in [6.45, 7) is 3.57. The zero-order valence-electron chi connectivity index (χ0n) is 9.85. The lowest BCUT2D eigenvalue weighted by molar-refractivity contribution is 0.626. The van der Waals surface area contributed by atoms with E-state index in [1.165, 1.54) is 0 Å². The van der Waals surface area contributed by atoms with Gasteiger partial charge in [-0.05, 0) is 30.7 Å². The molecule has 0 radical (unpaired) electrons. The standard InChI is InChI=1S/C12H17N5/c1-9(6-13)7-15-12-3-2-11(16-17-12)10-4-5-14-8-10/h2-5,8-9,14H,6-7,13H2,1H3,(H,15,17). The maximum atomic E-state index is 5.54. The Balaban J connectivity index is 1.99. The number of nitrogens with two attached hydrogens (primary N) is 1. The average Bonchev–Trinajstić information content (AvgIpc) is 2.90. The molecule has 0 saturated heterocycles. The zero-order valence-corrected chi connectivity index (χ0v) is 9.85. The molecule has 1 unspecified atom stereocenters. The summed E-state index contributed by atoms with van der Waals surface area (Å²) in [4.78, 5) is 2.99. The Morgan fingerprint density at radius 3 is 2.82 bits per heavy atom. The highest BCUT2D eigenvalue weighted by Crippen LogP contribution is 2.15. The predicted octanol–water partition coefficient (Wildman–Crippen LogP) is 1.48. The predicted molar refractivity (Wildman–Crippen MR) is 68.5 cm³/mol. The van der Waals surface area contributed by atoms with Crippen LogP contribution >= 0.6 is 0 Å². The minimum atomic E-state index is 0.432. The lowest BCUT2D eigenvalue weighted by Crippen LogP contribution is -2.20. The molecule has 1 atom stereocenters. The minimum Gasteiger partial charge on any atom is -0.368 e. The molecule has 2 aromatic heterocycles. The molecule has 17 heavy (non-hydrogen) atoms. The lowest BCUT2D eigenvalue weighted by atomic mass is 10.2. The Labute approximate surface area is 100 Å². The number of rotatable bonds is 5. The molecular formula is C12H17N5. The van der Waals surface area contributed by atoms with Gasteiger partial charge in [-0.15, -0.1) is 10.2 Å². The van der Waals surface area contributed by atoms with Crippen LogP contribution in [0.5, 0.6) is 0 Å². The summed E-state index contributed by atoms with van der Waals surface area (Å²) in [5.74, 6) is 1.21. The first kappa shape index (κ1) is 11.6. The number of anilines is 1. The normalized spacial score (nSPS) is 12.4. The smallest absolute Gasteiger partial charge is 0.148 e. The summed E-state index contributed by atoms with van der Waals surface area (Å²) in [5, 5.41) is 11.5. The van der Waals surface area contributed by atoms with Gasteiger partial charge in [-0.25, -0.2) is 0 Å². The summed E-state index contributed by atoms with van der Waals surface area (Å²) in [5.41, 5.74) is 7.45. The van der Waals surface area contributed by atoms with Crippen LogP contribution in [0.1, 0.15) is 6.92 Å². The highest BCUT2D eigenvalue weighted by Gasteiger charge is 2.02. The molecular weight excluding hydrogens is 214 g/mol. The second-order valence-corrected chi connectivity index (χ2v) is 4.13. The van der Waals surface area contributed by atoms with Crippen LogP contribution in [-0.4, -0.2) is 28.3 Å². The Bertz CT molecular complexity index is 434. The summed E-state index contributed by atoms with van der Waals surface area (Å²) in [7, 11) is 0. The Hall–Kier alpha value is -1.88. The van der Waals surface area contributed by atoms with E-state index in [-0.39, 0.29) is 0 Å². The van der Waals surface area contributed by atoms with Gasteiger partial charge >= 0.3 is 0 Å². The second kappa shape index (κ2) is 5.45. The molecule has 4 N–H and O–H groups in total. The molecule has 0 aliphatic rings. The largest absolute Gasteiger partial charge is 0.368 e. The monoisotopic (exact) mass is 231 g/mol. The van der Waals surface area contributed by atoms with Gasteiger partial charge in [0.15, 0.2) is 0 Å². The molecule has 0 spiro atoms. The van der Waals surface area contributed by atoms with Crippen molar-refractivity contribution in [2.75, 3.05) is 18.4 Å².